The minimum absolute atomic E-state index is 0.0236. The largest absolute Gasteiger partial charge is 0.268 e. The first-order valence-electron chi connectivity index (χ1n) is 12.3. The van der Waals surface area contributed by atoms with Crippen molar-refractivity contribution in [3.63, 3.8) is 0 Å². The van der Waals surface area contributed by atoms with E-state index in [1.807, 2.05) is 22.2 Å². The quantitative estimate of drug-likeness (QED) is 0.538. The third-order valence-corrected chi connectivity index (χ3v) is 9.27. The van der Waals surface area contributed by atoms with Crippen LogP contribution in [0.25, 0.3) is 10.6 Å². The van der Waals surface area contributed by atoms with Crippen LogP contribution in [-0.2, 0) is 10.0 Å². The van der Waals surface area contributed by atoms with Gasteiger partial charge in [0.15, 0.2) is 0 Å². The van der Waals surface area contributed by atoms with Crippen molar-refractivity contribution in [2.45, 2.75) is 113 Å². The summed E-state index contributed by atoms with van der Waals surface area (Å²) in [5, 5.41) is 6.77. The maximum absolute atomic E-state index is 13.6. The molecule has 7 heteroatoms. The molecule has 2 aliphatic carbocycles. The van der Waals surface area contributed by atoms with Gasteiger partial charge in [-0.3, -0.25) is 4.68 Å². The zero-order chi connectivity index (χ0) is 21.5. The van der Waals surface area contributed by atoms with Crippen LogP contribution in [0.15, 0.2) is 28.6 Å². The number of rotatable bonds is 5. The van der Waals surface area contributed by atoms with Crippen LogP contribution in [0.3, 0.4) is 0 Å². The van der Waals surface area contributed by atoms with Crippen molar-refractivity contribution in [2.24, 2.45) is 0 Å². The van der Waals surface area contributed by atoms with Gasteiger partial charge in [0, 0.05) is 12.2 Å². The van der Waals surface area contributed by atoms with Gasteiger partial charge in [0.05, 0.1) is 10.9 Å². The summed E-state index contributed by atoms with van der Waals surface area (Å²) < 4.78 is 32.1. The van der Waals surface area contributed by atoms with Crippen LogP contribution < -0.4 is 4.72 Å². The fraction of sp³-hybridized carbons (Fsp3) is 0.708. The lowest BCUT2D eigenvalue weighted by Crippen LogP contribution is -2.35. The lowest BCUT2D eigenvalue weighted by atomic mass is 9.98. The summed E-state index contributed by atoms with van der Waals surface area (Å²) >= 11 is 1.56. The van der Waals surface area contributed by atoms with E-state index in [1.54, 1.807) is 17.5 Å². The molecule has 4 rings (SSSR count). The van der Waals surface area contributed by atoms with Crippen LogP contribution in [0.2, 0.25) is 0 Å². The highest BCUT2D eigenvalue weighted by molar-refractivity contribution is 7.89. The Morgan fingerprint density at radius 3 is 2.03 bits per heavy atom. The van der Waals surface area contributed by atoms with Gasteiger partial charge in [-0.05, 0) is 37.1 Å². The lowest BCUT2D eigenvalue weighted by molar-refractivity contribution is 0.439. The molecule has 0 amide bonds. The summed E-state index contributed by atoms with van der Waals surface area (Å²) in [5.74, 6) is 0. The number of hydrogen-bond donors (Lipinski definition) is 1. The minimum atomic E-state index is -3.62. The second-order valence-corrected chi connectivity index (χ2v) is 11.9. The molecule has 0 bridgehead atoms. The first kappa shape index (κ1) is 23.0. The zero-order valence-electron chi connectivity index (χ0n) is 18.6. The first-order chi connectivity index (χ1) is 15.1. The van der Waals surface area contributed by atoms with Gasteiger partial charge in [-0.1, -0.05) is 76.7 Å². The molecular formula is C24H37N3O2S2. The molecule has 0 spiro atoms. The Hall–Kier alpha value is -1.18. The number of nitrogens with zero attached hydrogens (tertiary/aromatic N) is 2. The van der Waals surface area contributed by atoms with Crippen LogP contribution in [0.5, 0.6) is 0 Å². The Morgan fingerprint density at radius 2 is 1.45 bits per heavy atom. The Balaban J connectivity index is 1.54. The molecule has 5 nitrogen and oxygen atoms in total. The number of aromatic nitrogens is 2. The highest BCUT2D eigenvalue weighted by Gasteiger charge is 2.29. The highest BCUT2D eigenvalue weighted by Crippen LogP contribution is 2.35. The topological polar surface area (TPSA) is 64.0 Å². The number of nitrogens with one attached hydrogen (secondary N) is 1. The molecule has 2 fully saturated rings. The Kier molecular flexibility index (Phi) is 8.24. The van der Waals surface area contributed by atoms with Crippen molar-refractivity contribution in [2.75, 3.05) is 0 Å². The van der Waals surface area contributed by atoms with Crippen molar-refractivity contribution in [1.82, 2.24) is 14.5 Å². The minimum Gasteiger partial charge on any atom is -0.268 e. The molecule has 2 heterocycles. The molecule has 0 unspecified atom stereocenters. The molecule has 0 aliphatic heterocycles. The van der Waals surface area contributed by atoms with Gasteiger partial charge in [0.2, 0.25) is 10.0 Å². The first-order valence-corrected chi connectivity index (χ1v) is 14.6. The summed E-state index contributed by atoms with van der Waals surface area (Å²) in [5.41, 5.74) is 0.613. The van der Waals surface area contributed by atoms with Crippen molar-refractivity contribution < 1.29 is 8.42 Å². The molecule has 0 atom stereocenters. The molecule has 0 saturated heterocycles. The fourth-order valence-corrected chi connectivity index (χ4v) is 7.32. The molecule has 2 aromatic heterocycles. The van der Waals surface area contributed by atoms with E-state index < -0.39 is 10.0 Å². The van der Waals surface area contributed by atoms with E-state index in [9.17, 15) is 8.42 Å². The summed E-state index contributed by atoms with van der Waals surface area (Å²) in [4.78, 5) is 1.28. The van der Waals surface area contributed by atoms with Gasteiger partial charge in [-0.2, -0.15) is 5.10 Å². The predicted molar refractivity (Wildman–Crippen MR) is 128 cm³/mol. The molecule has 0 aromatic carbocycles. The number of hydrogen-bond acceptors (Lipinski definition) is 4. The second-order valence-electron chi connectivity index (χ2n) is 9.32. The lowest BCUT2D eigenvalue weighted by Gasteiger charge is -2.19. The van der Waals surface area contributed by atoms with E-state index in [0.29, 0.717) is 16.6 Å². The molecule has 172 valence electrons. The molecule has 1 N–H and O–H groups in total. The van der Waals surface area contributed by atoms with Gasteiger partial charge in [0.1, 0.15) is 10.6 Å². The summed E-state index contributed by atoms with van der Waals surface area (Å²) in [6, 6.07) is 4.28. The van der Waals surface area contributed by atoms with Gasteiger partial charge in [-0.15, -0.1) is 11.3 Å². The van der Waals surface area contributed by atoms with E-state index in [1.165, 1.54) is 57.8 Å². The average molecular weight is 464 g/mol. The van der Waals surface area contributed by atoms with Gasteiger partial charge in [-0.25, -0.2) is 13.1 Å². The summed E-state index contributed by atoms with van der Waals surface area (Å²) in [7, 11) is -3.62. The Morgan fingerprint density at radius 1 is 0.871 bits per heavy atom. The molecule has 2 aromatic rings. The SMILES string of the molecule is O=S(=O)(NC1CCCCCCCCCCC1)c1cn(C2CCCC2)nc1-c1cccs1. The van der Waals surface area contributed by atoms with E-state index in [2.05, 4.69) is 4.72 Å². The monoisotopic (exact) mass is 463 g/mol. The van der Waals surface area contributed by atoms with Gasteiger partial charge < -0.3 is 0 Å². The standard InChI is InChI=1S/C24H37N3O2S2/c28-31(29,26-20-13-8-6-4-2-1-3-5-7-9-14-20)23-19-27(21-15-10-11-16-21)25-24(23)22-17-12-18-30-22/h12,17-21,26H,1-11,13-16H2. The smallest absolute Gasteiger partial charge is 0.244 e. The number of sulfonamides is 1. The van der Waals surface area contributed by atoms with Crippen molar-refractivity contribution in [3.8, 4) is 10.6 Å². The van der Waals surface area contributed by atoms with Crippen LogP contribution >= 0.6 is 11.3 Å². The third kappa shape index (κ3) is 6.20. The third-order valence-electron chi connectivity index (χ3n) is 6.87. The molecular weight excluding hydrogens is 426 g/mol. The molecule has 2 saturated carbocycles. The zero-order valence-corrected chi connectivity index (χ0v) is 20.2. The summed E-state index contributed by atoms with van der Waals surface area (Å²) in [6.45, 7) is 0. The molecule has 31 heavy (non-hydrogen) atoms. The van der Waals surface area contributed by atoms with E-state index in [-0.39, 0.29) is 6.04 Å². The van der Waals surface area contributed by atoms with Crippen molar-refractivity contribution >= 4 is 21.4 Å². The van der Waals surface area contributed by atoms with Crippen LogP contribution in [0, 0.1) is 0 Å². The number of thiophene rings is 1. The van der Waals surface area contributed by atoms with Crippen LogP contribution in [0.1, 0.15) is 102 Å². The molecule has 2 aliphatic rings. The van der Waals surface area contributed by atoms with Crippen LogP contribution in [0.4, 0.5) is 0 Å². The second kappa shape index (κ2) is 11.1. The van der Waals surface area contributed by atoms with E-state index in [0.717, 1.165) is 43.4 Å². The van der Waals surface area contributed by atoms with Crippen molar-refractivity contribution in [1.29, 1.82) is 0 Å². The fourth-order valence-electron chi connectivity index (χ4n) is 5.08. The Bertz CT molecular complexity index is 887. The molecule has 0 radical (unpaired) electrons. The van der Waals surface area contributed by atoms with E-state index in [4.69, 9.17) is 5.10 Å². The van der Waals surface area contributed by atoms with Gasteiger partial charge >= 0.3 is 0 Å². The average Bonchev–Trinajstić information content (AvgIpc) is 3.50. The van der Waals surface area contributed by atoms with Crippen LogP contribution in [-0.4, -0.2) is 24.2 Å². The maximum Gasteiger partial charge on any atom is 0.244 e. The summed E-state index contributed by atoms with van der Waals surface area (Å²) in [6.07, 6.45) is 19.4. The highest BCUT2D eigenvalue weighted by atomic mass is 32.2. The van der Waals surface area contributed by atoms with E-state index >= 15 is 0 Å². The Labute approximate surface area is 191 Å². The predicted octanol–water partition coefficient (Wildman–Crippen LogP) is 6.68. The van der Waals surface area contributed by atoms with Gasteiger partial charge in [0.25, 0.3) is 0 Å². The van der Waals surface area contributed by atoms with Crippen molar-refractivity contribution in [3.05, 3.63) is 23.7 Å². The normalized spacial score (nSPS) is 21.0. The maximum atomic E-state index is 13.6.